The molecule has 2 aromatic rings. The lowest BCUT2D eigenvalue weighted by Gasteiger charge is -2.13. The Morgan fingerprint density at radius 2 is 1.89 bits per heavy atom. The van der Waals surface area contributed by atoms with E-state index >= 15 is 0 Å². The predicted molar refractivity (Wildman–Crippen MR) is 80.7 cm³/mol. The van der Waals surface area contributed by atoms with Crippen LogP contribution in [0.25, 0.3) is 0 Å². The van der Waals surface area contributed by atoms with Crippen LogP contribution in [0.1, 0.15) is 21.5 Å². The van der Waals surface area contributed by atoms with Crippen LogP contribution in [-0.2, 0) is 6.42 Å². The maximum Gasteiger partial charge on any atom is 0.126 e. The Morgan fingerprint density at radius 1 is 1.17 bits per heavy atom. The number of benzene rings is 2. The zero-order chi connectivity index (χ0) is 13.1. The van der Waals surface area contributed by atoms with Gasteiger partial charge in [-0.3, -0.25) is 0 Å². The summed E-state index contributed by atoms with van der Waals surface area (Å²) in [6.07, 6.45) is 0.634. The summed E-state index contributed by atoms with van der Waals surface area (Å²) in [5, 5.41) is 0. The molecule has 2 aromatic carbocycles. The number of halogens is 3. The normalized spacial score (nSPS) is 12.4. The molecule has 1 atom stereocenters. The van der Waals surface area contributed by atoms with Crippen LogP contribution in [0, 0.1) is 12.7 Å². The van der Waals surface area contributed by atoms with E-state index in [2.05, 4.69) is 50.9 Å². The Hall–Kier alpha value is -0.670. The molecular weight excluding hydrogens is 359 g/mol. The van der Waals surface area contributed by atoms with Gasteiger partial charge in [-0.25, -0.2) is 4.39 Å². The summed E-state index contributed by atoms with van der Waals surface area (Å²) < 4.78 is 14.7. The van der Waals surface area contributed by atoms with E-state index in [4.69, 9.17) is 0 Å². The average molecular weight is 372 g/mol. The number of aryl methyl sites for hydroxylation is 1. The van der Waals surface area contributed by atoms with Crippen molar-refractivity contribution in [3.05, 3.63) is 69.4 Å². The van der Waals surface area contributed by atoms with E-state index in [1.165, 1.54) is 11.6 Å². The van der Waals surface area contributed by atoms with Gasteiger partial charge < -0.3 is 0 Å². The molecule has 0 saturated heterocycles. The van der Waals surface area contributed by atoms with Crippen LogP contribution >= 0.6 is 31.9 Å². The Bertz CT molecular complexity index is 552. The van der Waals surface area contributed by atoms with Gasteiger partial charge in [0.25, 0.3) is 0 Å². The lowest BCUT2D eigenvalue weighted by molar-refractivity contribution is 0.608. The maximum atomic E-state index is 13.6. The van der Waals surface area contributed by atoms with Gasteiger partial charge in [0.1, 0.15) is 5.82 Å². The van der Waals surface area contributed by atoms with E-state index in [9.17, 15) is 4.39 Å². The Balaban J connectivity index is 2.25. The molecule has 0 saturated carbocycles. The first kappa shape index (κ1) is 13.8. The first-order valence-electron chi connectivity index (χ1n) is 5.71. The topological polar surface area (TPSA) is 0 Å². The summed E-state index contributed by atoms with van der Waals surface area (Å²) in [6, 6.07) is 13.1. The van der Waals surface area contributed by atoms with Gasteiger partial charge in [0.05, 0.1) is 0 Å². The summed E-state index contributed by atoms with van der Waals surface area (Å²) in [5.41, 5.74) is 3.08. The lowest BCUT2D eigenvalue weighted by Crippen LogP contribution is -1.99. The van der Waals surface area contributed by atoms with Crippen LogP contribution in [0.2, 0.25) is 0 Å². The van der Waals surface area contributed by atoms with E-state index in [-0.39, 0.29) is 10.6 Å². The van der Waals surface area contributed by atoms with Crippen LogP contribution < -0.4 is 0 Å². The van der Waals surface area contributed by atoms with E-state index in [1.807, 2.05) is 18.2 Å². The van der Waals surface area contributed by atoms with E-state index in [1.54, 1.807) is 6.07 Å². The molecule has 0 aliphatic heterocycles. The highest BCUT2D eigenvalue weighted by atomic mass is 79.9. The quantitative estimate of drug-likeness (QED) is 0.618. The highest BCUT2D eigenvalue weighted by Gasteiger charge is 2.14. The van der Waals surface area contributed by atoms with Crippen LogP contribution in [-0.4, -0.2) is 0 Å². The van der Waals surface area contributed by atoms with Gasteiger partial charge in [0.15, 0.2) is 0 Å². The summed E-state index contributed by atoms with van der Waals surface area (Å²) in [5.74, 6) is -0.147. The van der Waals surface area contributed by atoms with Crippen LogP contribution in [0.5, 0.6) is 0 Å². The van der Waals surface area contributed by atoms with Crippen molar-refractivity contribution >= 4 is 31.9 Å². The first-order chi connectivity index (χ1) is 8.58. The Labute approximate surface area is 123 Å². The fourth-order valence-electron chi connectivity index (χ4n) is 1.87. The number of hydrogen-bond donors (Lipinski definition) is 0. The number of hydrogen-bond acceptors (Lipinski definition) is 0. The number of alkyl halides is 1. The summed E-state index contributed by atoms with van der Waals surface area (Å²) in [7, 11) is 0. The molecule has 0 N–H and O–H groups in total. The van der Waals surface area contributed by atoms with Gasteiger partial charge in [-0.2, -0.15) is 0 Å². The second-order valence-electron chi connectivity index (χ2n) is 4.29. The zero-order valence-corrected chi connectivity index (χ0v) is 13.1. The largest absolute Gasteiger partial charge is 0.207 e. The molecule has 94 valence electrons. The molecule has 0 spiro atoms. The molecule has 0 amide bonds. The molecule has 0 aromatic heterocycles. The van der Waals surface area contributed by atoms with Crippen molar-refractivity contribution < 1.29 is 4.39 Å². The summed E-state index contributed by atoms with van der Waals surface area (Å²) in [4.78, 5) is 0.101. The molecule has 3 heteroatoms. The van der Waals surface area contributed by atoms with Gasteiger partial charge in [-0.05, 0) is 36.6 Å². The molecule has 0 aliphatic rings. The van der Waals surface area contributed by atoms with E-state index in [0.29, 0.717) is 6.42 Å². The second-order valence-corrected chi connectivity index (χ2v) is 6.25. The minimum absolute atomic E-state index is 0.101. The minimum atomic E-state index is -0.147. The fourth-order valence-corrected chi connectivity index (χ4v) is 3.43. The third kappa shape index (κ3) is 3.21. The Morgan fingerprint density at radius 3 is 2.61 bits per heavy atom. The number of rotatable bonds is 3. The third-order valence-electron chi connectivity index (χ3n) is 2.85. The third-order valence-corrected chi connectivity index (χ3v) is 4.39. The fraction of sp³-hybridized carbons (Fsp3) is 0.200. The molecule has 0 heterocycles. The second kappa shape index (κ2) is 5.98. The van der Waals surface area contributed by atoms with Gasteiger partial charge in [-0.1, -0.05) is 67.8 Å². The van der Waals surface area contributed by atoms with Crippen molar-refractivity contribution in [3.63, 3.8) is 0 Å². The highest BCUT2D eigenvalue weighted by molar-refractivity contribution is 9.11. The van der Waals surface area contributed by atoms with Crippen molar-refractivity contribution in [1.29, 1.82) is 0 Å². The molecule has 1 unspecified atom stereocenters. The lowest BCUT2D eigenvalue weighted by atomic mass is 10.0. The van der Waals surface area contributed by atoms with Gasteiger partial charge in [-0.15, -0.1) is 0 Å². The highest BCUT2D eigenvalue weighted by Crippen LogP contribution is 2.33. The minimum Gasteiger partial charge on any atom is -0.207 e. The molecule has 0 nitrogen and oxygen atoms in total. The van der Waals surface area contributed by atoms with Crippen molar-refractivity contribution in [2.24, 2.45) is 0 Å². The molecule has 0 fully saturated rings. The zero-order valence-electron chi connectivity index (χ0n) is 9.96. The maximum absolute atomic E-state index is 13.6. The molecular formula is C15H13Br2F. The molecule has 0 radical (unpaired) electrons. The smallest absolute Gasteiger partial charge is 0.126 e. The Kier molecular flexibility index (Phi) is 4.57. The van der Waals surface area contributed by atoms with Crippen LogP contribution in [0.3, 0.4) is 0 Å². The van der Waals surface area contributed by atoms with Crippen LogP contribution in [0.15, 0.2) is 46.9 Å². The van der Waals surface area contributed by atoms with Gasteiger partial charge >= 0.3 is 0 Å². The summed E-state index contributed by atoms with van der Waals surface area (Å²) in [6.45, 7) is 2.05. The van der Waals surface area contributed by atoms with Crippen molar-refractivity contribution in [2.45, 2.75) is 18.2 Å². The molecule has 0 aliphatic carbocycles. The first-order valence-corrected chi connectivity index (χ1v) is 7.42. The molecule has 18 heavy (non-hydrogen) atoms. The van der Waals surface area contributed by atoms with E-state index < -0.39 is 0 Å². The van der Waals surface area contributed by atoms with Crippen molar-refractivity contribution in [2.75, 3.05) is 0 Å². The standard InChI is InChI=1S/C15H13Br2F/c1-10-6-7-13(16)12(8-10)14(17)9-11-4-2-3-5-15(11)18/h2-8,14H,9H2,1H3. The van der Waals surface area contributed by atoms with Gasteiger partial charge in [0, 0.05) is 9.30 Å². The van der Waals surface area contributed by atoms with E-state index in [0.717, 1.165) is 15.6 Å². The average Bonchev–Trinajstić information content (AvgIpc) is 2.35. The monoisotopic (exact) mass is 370 g/mol. The van der Waals surface area contributed by atoms with Crippen LogP contribution in [0.4, 0.5) is 4.39 Å². The van der Waals surface area contributed by atoms with Crippen molar-refractivity contribution in [3.8, 4) is 0 Å². The predicted octanol–water partition coefficient (Wildman–Crippen LogP) is 5.58. The summed E-state index contributed by atoms with van der Waals surface area (Å²) >= 11 is 7.18. The molecule has 0 bridgehead atoms. The molecule has 2 rings (SSSR count). The van der Waals surface area contributed by atoms with Crippen molar-refractivity contribution in [1.82, 2.24) is 0 Å². The SMILES string of the molecule is Cc1ccc(Br)c(C(Br)Cc2ccccc2F)c1. The van der Waals surface area contributed by atoms with Gasteiger partial charge in [0.2, 0.25) is 0 Å².